The van der Waals surface area contributed by atoms with Gasteiger partial charge in [0.2, 0.25) is 11.8 Å². The second-order valence-electron chi connectivity index (χ2n) is 13.4. The molecule has 3 amide bonds. The molecule has 3 fully saturated rings. The summed E-state index contributed by atoms with van der Waals surface area (Å²) >= 11 is 6.51. The fraction of sp³-hybridized carbons (Fsp3) is 0.515. The van der Waals surface area contributed by atoms with Crippen LogP contribution in [0.15, 0.2) is 42.5 Å². The third-order valence-corrected chi connectivity index (χ3v) is 12.7. The van der Waals surface area contributed by atoms with Gasteiger partial charge in [-0.2, -0.15) is 0 Å². The van der Waals surface area contributed by atoms with E-state index >= 15 is 0 Å². The molecule has 0 saturated carbocycles. The van der Waals surface area contributed by atoms with E-state index in [4.69, 9.17) is 21.1 Å². The predicted octanol–water partition coefficient (Wildman–Crippen LogP) is 3.68. The van der Waals surface area contributed by atoms with Crippen LogP contribution >= 0.6 is 11.6 Å². The molecule has 2 aromatic carbocycles. The molecule has 46 heavy (non-hydrogen) atoms. The standard InChI is InChI=1S/C33H40ClN3O8Si/c1-19-31(46(3,4)43)27(15-28(40)35-12-6-9-24(35)18-38)45-33(19)25-14-22(34)10-11-26(25)36(32(33)42)17-21-7-5-8-23(13-21)37-29(41)16-30(37)44-20(2)39/h5,7-8,10-11,13-14,19,24,27,30-31,38,43H,6,9,12,15-18H2,1-4H3/t19-,24-,27+,30?,31-,33+/m0/s1. The highest BCUT2D eigenvalue weighted by Crippen LogP contribution is 2.60. The van der Waals surface area contributed by atoms with Crippen LogP contribution in [-0.4, -0.2) is 78.3 Å². The van der Waals surface area contributed by atoms with Crippen molar-refractivity contribution in [1.82, 2.24) is 4.90 Å². The number of aliphatic hydroxyl groups excluding tert-OH is 1. The number of halogens is 1. The van der Waals surface area contributed by atoms with Gasteiger partial charge in [-0.05, 0) is 61.8 Å². The number of anilines is 2. The smallest absolute Gasteiger partial charge is 0.304 e. The number of esters is 1. The van der Waals surface area contributed by atoms with E-state index in [-0.39, 0.29) is 49.8 Å². The molecular formula is C33H40ClN3O8Si. The number of amides is 3. The Labute approximate surface area is 274 Å². The van der Waals surface area contributed by atoms with Crippen molar-refractivity contribution in [2.45, 2.75) is 88.7 Å². The summed E-state index contributed by atoms with van der Waals surface area (Å²) in [6, 6.07) is 12.2. The molecule has 0 aliphatic carbocycles. The summed E-state index contributed by atoms with van der Waals surface area (Å²) in [5.74, 6) is -1.60. The molecule has 4 aliphatic rings. The van der Waals surface area contributed by atoms with Gasteiger partial charge in [-0.15, -0.1) is 0 Å². The first kappa shape index (κ1) is 32.6. The number of carbonyl (C=O) groups excluding carboxylic acids is 4. The van der Waals surface area contributed by atoms with Crippen molar-refractivity contribution >= 4 is 55.0 Å². The van der Waals surface area contributed by atoms with E-state index in [1.165, 1.54) is 11.8 Å². The highest BCUT2D eigenvalue weighted by Gasteiger charge is 2.66. The first-order valence-corrected chi connectivity index (χ1v) is 19.2. The zero-order valence-electron chi connectivity index (χ0n) is 26.4. The van der Waals surface area contributed by atoms with Gasteiger partial charge in [0, 0.05) is 41.2 Å². The van der Waals surface area contributed by atoms with Gasteiger partial charge in [0.05, 0.1) is 43.8 Å². The Bertz CT molecular complexity index is 1580. The molecule has 246 valence electrons. The molecule has 11 nitrogen and oxygen atoms in total. The van der Waals surface area contributed by atoms with Gasteiger partial charge in [0.15, 0.2) is 20.1 Å². The number of ether oxygens (including phenoxy) is 2. The first-order valence-electron chi connectivity index (χ1n) is 15.8. The number of hydrogen-bond acceptors (Lipinski definition) is 8. The van der Waals surface area contributed by atoms with Crippen LogP contribution in [0.5, 0.6) is 0 Å². The minimum atomic E-state index is -3.00. The van der Waals surface area contributed by atoms with E-state index < -0.39 is 43.7 Å². The maximum Gasteiger partial charge on any atom is 0.304 e. The molecule has 1 spiro atoms. The summed E-state index contributed by atoms with van der Waals surface area (Å²) in [4.78, 5) is 68.6. The number of hydrogen-bond donors (Lipinski definition) is 2. The molecule has 6 atom stereocenters. The summed E-state index contributed by atoms with van der Waals surface area (Å²) in [6.07, 6.45) is 0.238. The maximum absolute atomic E-state index is 14.7. The number of aliphatic hydroxyl groups is 1. The molecule has 1 unspecified atom stereocenters. The molecule has 0 bridgehead atoms. The number of β-lactam (4-membered cyclic amide) rings is 1. The highest BCUT2D eigenvalue weighted by molar-refractivity contribution is 6.71. The lowest BCUT2D eigenvalue weighted by Gasteiger charge is -2.39. The van der Waals surface area contributed by atoms with Gasteiger partial charge in [-0.3, -0.25) is 24.1 Å². The molecule has 6 rings (SSSR count). The number of rotatable bonds is 8. The number of likely N-dealkylation sites (tertiary alicyclic amines) is 1. The Kier molecular flexibility index (Phi) is 8.56. The van der Waals surface area contributed by atoms with Gasteiger partial charge in [-0.25, -0.2) is 0 Å². The number of fused-ring (bicyclic) bond motifs is 2. The molecule has 0 aromatic heterocycles. The van der Waals surface area contributed by atoms with Crippen LogP contribution in [0.1, 0.15) is 50.7 Å². The lowest BCUT2D eigenvalue weighted by molar-refractivity contribution is -0.154. The Morgan fingerprint density at radius 1 is 1.17 bits per heavy atom. The lowest BCUT2D eigenvalue weighted by atomic mass is 9.82. The summed E-state index contributed by atoms with van der Waals surface area (Å²) in [6.45, 7) is 7.41. The molecule has 2 aromatic rings. The van der Waals surface area contributed by atoms with Crippen molar-refractivity contribution in [2.24, 2.45) is 5.92 Å². The molecular weight excluding hydrogens is 630 g/mol. The van der Waals surface area contributed by atoms with Crippen molar-refractivity contribution in [3.63, 3.8) is 0 Å². The fourth-order valence-corrected chi connectivity index (χ4v) is 10.7. The van der Waals surface area contributed by atoms with Crippen LogP contribution < -0.4 is 9.80 Å². The van der Waals surface area contributed by atoms with Gasteiger partial charge in [-0.1, -0.05) is 30.7 Å². The molecule has 0 radical (unpaired) electrons. The van der Waals surface area contributed by atoms with Crippen LogP contribution in [-0.2, 0) is 40.8 Å². The number of nitrogens with zero attached hydrogens (tertiary/aromatic N) is 3. The predicted molar refractivity (Wildman–Crippen MR) is 172 cm³/mol. The second-order valence-corrected chi connectivity index (χ2v) is 17.8. The summed E-state index contributed by atoms with van der Waals surface area (Å²) in [5.41, 5.74) is 0.580. The van der Waals surface area contributed by atoms with E-state index in [2.05, 4.69) is 0 Å². The molecule has 3 saturated heterocycles. The summed E-state index contributed by atoms with van der Waals surface area (Å²) < 4.78 is 12.1. The van der Waals surface area contributed by atoms with E-state index in [1.807, 2.05) is 26.1 Å². The second kappa shape index (κ2) is 12.1. The van der Waals surface area contributed by atoms with Gasteiger partial charge in [0.25, 0.3) is 5.91 Å². The largest absolute Gasteiger partial charge is 0.441 e. The van der Waals surface area contributed by atoms with Crippen LogP contribution in [0, 0.1) is 5.92 Å². The van der Waals surface area contributed by atoms with E-state index in [0.29, 0.717) is 28.5 Å². The van der Waals surface area contributed by atoms with E-state index in [0.717, 1.165) is 18.4 Å². The molecule has 2 N–H and O–H groups in total. The highest BCUT2D eigenvalue weighted by atomic mass is 35.5. The minimum Gasteiger partial charge on any atom is -0.441 e. The van der Waals surface area contributed by atoms with Gasteiger partial charge in [0.1, 0.15) is 0 Å². The maximum atomic E-state index is 14.7. The van der Waals surface area contributed by atoms with Crippen LogP contribution in [0.25, 0.3) is 0 Å². The van der Waals surface area contributed by atoms with Crippen LogP contribution in [0.3, 0.4) is 0 Å². The van der Waals surface area contributed by atoms with Crippen molar-refractivity contribution in [3.8, 4) is 0 Å². The molecule has 13 heteroatoms. The number of benzene rings is 2. The van der Waals surface area contributed by atoms with Crippen LogP contribution in [0.4, 0.5) is 11.4 Å². The zero-order valence-corrected chi connectivity index (χ0v) is 28.2. The third-order valence-electron chi connectivity index (χ3n) is 9.97. The van der Waals surface area contributed by atoms with Crippen molar-refractivity contribution < 1.29 is 38.6 Å². The summed E-state index contributed by atoms with van der Waals surface area (Å²) in [7, 11) is -3.00. The van der Waals surface area contributed by atoms with Crippen molar-refractivity contribution in [1.29, 1.82) is 0 Å². The van der Waals surface area contributed by atoms with E-state index in [9.17, 15) is 29.1 Å². The van der Waals surface area contributed by atoms with Crippen LogP contribution in [0.2, 0.25) is 23.7 Å². The topological polar surface area (TPSA) is 137 Å². The first-order chi connectivity index (χ1) is 21.8. The SMILES string of the molecule is CC(=O)OC1CC(=O)N1c1cccc(CN2C(=O)[C@]3(O[C@H](CC(=O)N4CCC[C@H]4CO)[C@@H]([Si](C)(C)O)[C@@H]3C)c3cc(Cl)ccc32)c1. The number of carbonyl (C=O) groups is 4. The third kappa shape index (κ3) is 5.43. The van der Waals surface area contributed by atoms with Crippen molar-refractivity contribution in [3.05, 3.63) is 58.6 Å². The Morgan fingerprint density at radius 3 is 2.61 bits per heavy atom. The molecule has 4 aliphatic heterocycles. The van der Waals surface area contributed by atoms with Gasteiger partial charge >= 0.3 is 5.97 Å². The minimum absolute atomic E-state index is 0.0111. The Balaban J connectivity index is 1.33. The molecule has 4 heterocycles. The average molecular weight is 670 g/mol. The average Bonchev–Trinajstić information content (AvgIpc) is 3.63. The normalized spacial score (nSPS) is 29.0. The Hall–Kier alpha value is -3.29. The quantitative estimate of drug-likeness (QED) is 0.247. The lowest BCUT2D eigenvalue weighted by Crippen LogP contribution is -2.54. The zero-order chi connectivity index (χ0) is 33.1. The monoisotopic (exact) mass is 669 g/mol. The van der Waals surface area contributed by atoms with Gasteiger partial charge < -0.3 is 29.2 Å². The van der Waals surface area contributed by atoms with E-state index in [1.54, 1.807) is 46.2 Å². The van der Waals surface area contributed by atoms with Crippen molar-refractivity contribution in [2.75, 3.05) is 23.0 Å². The Morgan fingerprint density at radius 2 is 1.93 bits per heavy atom. The summed E-state index contributed by atoms with van der Waals surface area (Å²) in [5, 5.41) is 10.3. The fourth-order valence-electron chi connectivity index (χ4n) is 8.02.